The molecule has 0 radical (unpaired) electrons. The quantitative estimate of drug-likeness (QED) is 0.618. The van der Waals surface area contributed by atoms with Crippen molar-refractivity contribution in [1.29, 1.82) is 0 Å². The number of carbonyl (C=O) groups is 1. The first-order chi connectivity index (χ1) is 11.9. The molecule has 2 rings (SSSR count). The van der Waals surface area contributed by atoms with Crippen molar-refractivity contribution in [3.63, 3.8) is 0 Å². The molecule has 1 atom stereocenters. The third kappa shape index (κ3) is 5.46. The number of halogens is 1. The second-order valence-corrected chi connectivity index (χ2v) is 5.94. The molecule has 0 aliphatic carbocycles. The van der Waals surface area contributed by atoms with Gasteiger partial charge in [-0.1, -0.05) is 28.9 Å². The van der Waals surface area contributed by atoms with Gasteiger partial charge >= 0.3 is 6.09 Å². The number of benzene rings is 1. The number of aromatic nitrogens is 1. The van der Waals surface area contributed by atoms with Crippen LogP contribution in [-0.2, 0) is 16.2 Å². The van der Waals surface area contributed by atoms with E-state index in [-0.39, 0.29) is 6.61 Å². The molecular weight excluding hydrogens is 342 g/mol. The molecule has 7 heteroatoms. The molecule has 0 saturated carbocycles. The second kappa shape index (κ2) is 8.48. The number of rotatable bonds is 6. The lowest BCUT2D eigenvalue weighted by molar-refractivity contribution is 0.116. The molecule has 1 aromatic heterocycles. The van der Waals surface area contributed by atoms with Crippen LogP contribution in [0.1, 0.15) is 42.5 Å². The first-order valence-corrected chi connectivity index (χ1v) is 8.09. The van der Waals surface area contributed by atoms with E-state index in [2.05, 4.69) is 10.1 Å². The number of primary amides is 1. The number of nitrogens with zero attached hydrogens (tertiary/aromatic N) is 2. The lowest BCUT2D eigenvalue weighted by Gasteiger charge is -2.14. The van der Waals surface area contributed by atoms with Gasteiger partial charge in [-0.15, -0.1) is 0 Å². The molecular formula is C18H20ClN3O3. The molecule has 0 saturated heterocycles. The first-order valence-electron chi connectivity index (χ1n) is 7.72. The summed E-state index contributed by atoms with van der Waals surface area (Å²) in [5.74, 6) is 0. The van der Waals surface area contributed by atoms with Gasteiger partial charge in [-0.3, -0.25) is 4.98 Å². The van der Waals surface area contributed by atoms with Gasteiger partial charge in [0.25, 0.3) is 0 Å². The summed E-state index contributed by atoms with van der Waals surface area (Å²) in [6.45, 7) is 5.71. The van der Waals surface area contributed by atoms with Gasteiger partial charge in [0.2, 0.25) is 0 Å². The van der Waals surface area contributed by atoms with E-state index in [0.29, 0.717) is 16.3 Å². The minimum atomic E-state index is -0.853. The van der Waals surface area contributed by atoms with Gasteiger partial charge in [-0.2, -0.15) is 0 Å². The fraction of sp³-hybridized carbons (Fsp3) is 0.278. The molecule has 1 amide bonds. The molecule has 2 N–H and O–H groups in total. The maximum Gasteiger partial charge on any atom is 0.405 e. The van der Waals surface area contributed by atoms with Crippen molar-refractivity contribution in [1.82, 2.24) is 4.98 Å². The standard InChI is InChI=1S/C18H20ClN3O3/c1-11-5-4-6-15(21-11)10-24-22-12(2)14-7-8-17(19)16(9-14)13(3)25-18(20)23/h4-9,13H,10H2,1-3H3,(H2,20,23). The van der Waals surface area contributed by atoms with Gasteiger partial charge in [0.1, 0.15) is 6.10 Å². The highest BCUT2D eigenvalue weighted by molar-refractivity contribution is 6.31. The van der Waals surface area contributed by atoms with Crippen molar-refractivity contribution in [2.75, 3.05) is 0 Å². The van der Waals surface area contributed by atoms with E-state index < -0.39 is 12.2 Å². The molecule has 25 heavy (non-hydrogen) atoms. The van der Waals surface area contributed by atoms with Crippen molar-refractivity contribution < 1.29 is 14.4 Å². The van der Waals surface area contributed by atoms with E-state index in [0.717, 1.165) is 17.0 Å². The minimum absolute atomic E-state index is 0.278. The van der Waals surface area contributed by atoms with Gasteiger partial charge < -0.3 is 15.3 Å². The summed E-state index contributed by atoms with van der Waals surface area (Å²) < 4.78 is 4.98. The van der Waals surface area contributed by atoms with Crippen LogP contribution in [0.15, 0.2) is 41.6 Å². The topological polar surface area (TPSA) is 86.8 Å². The summed E-state index contributed by atoms with van der Waals surface area (Å²) >= 11 is 6.17. The number of hydrogen-bond acceptors (Lipinski definition) is 5. The first kappa shape index (κ1) is 18.7. The largest absolute Gasteiger partial charge is 0.442 e. The van der Waals surface area contributed by atoms with Crippen LogP contribution in [0.25, 0.3) is 0 Å². The van der Waals surface area contributed by atoms with Crippen LogP contribution >= 0.6 is 11.6 Å². The van der Waals surface area contributed by atoms with Crippen molar-refractivity contribution in [3.05, 3.63) is 63.9 Å². The monoisotopic (exact) mass is 361 g/mol. The molecule has 0 spiro atoms. The number of aryl methyl sites for hydroxylation is 1. The van der Waals surface area contributed by atoms with Crippen molar-refractivity contribution in [2.24, 2.45) is 10.9 Å². The summed E-state index contributed by atoms with van der Waals surface area (Å²) in [4.78, 5) is 20.6. The van der Waals surface area contributed by atoms with E-state index in [4.69, 9.17) is 26.9 Å². The smallest absolute Gasteiger partial charge is 0.405 e. The molecule has 0 aliphatic heterocycles. The predicted octanol–water partition coefficient (Wildman–Crippen LogP) is 4.14. The summed E-state index contributed by atoms with van der Waals surface area (Å²) in [7, 11) is 0. The highest BCUT2D eigenvalue weighted by atomic mass is 35.5. The van der Waals surface area contributed by atoms with E-state index >= 15 is 0 Å². The Hall–Kier alpha value is -2.60. The minimum Gasteiger partial charge on any atom is -0.442 e. The number of hydrogen-bond donors (Lipinski definition) is 1. The number of amides is 1. The zero-order chi connectivity index (χ0) is 18.4. The molecule has 1 heterocycles. The molecule has 0 aliphatic rings. The maximum atomic E-state index is 10.9. The zero-order valence-electron chi connectivity index (χ0n) is 14.3. The highest BCUT2D eigenvalue weighted by Crippen LogP contribution is 2.26. The third-order valence-corrected chi connectivity index (χ3v) is 3.85. The van der Waals surface area contributed by atoms with Crippen LogP contribution in [0.2, 0.25) is 5.02 Å². The van der Waals surface area contributed by atoms with Crippen LogP contribution in [0, 0.1) is 6.92 Å². The number of ether oxygens (including phenoxy) is 1. The lowest BCUT2D eigenvalue weighted by Crippen LogP contribution is -2.16. The van der Waals surface area contributed by atoms with Crippen LogP contribution in [0.3, 0.4) is 0 Å². The SMILES string of the molecule is CC(=NOCc1cccc(C)n1)c1ccc(Cl)c(C(C)OC(N)=O)c1. The van der Waals surface area contributed by atoms with Gasteiger partial charge in [-0.25, -0.2) is 4.79 Å². The van der Waals surface area contributed by atoms with E-state index in [1.54, 1.807) is 19.1 Å². The zero-order valence-corrected chi connectivity index (χ0v) is 15.1. The van der Waals surface area contributed by atoms with Crippen molar-refractivity contribution in [3.8, 4) is 0 Å². The summed E-state index contributed by atoms with van der Waals surface area (Å²) in [6.07, 6.45) is -1.41. The van der Waals surface area contributed by atoms with Crippen LogP contribution in [0.5, 0.6) is 0 Å². The molecule has 6 nitrogen and oxygen atoms in total. The fourth-order valence-corrected chi connectivity index (χ4v) is 2.52. The fourth-order valence-electron chi connectivity index (χ4n) is 2.25. The molecule has 1 aromatic carbocycles. The third-order valence-electron chi connectivity index (χ3n) is 3.50. The normalized spacial score (nSPS) is 12.6. The Morgan fingerprint density at radius 3 is 2.80 bits per heavy atom. The van der Waals surface area contributed by atoms with Crippen LogP contribution in [0.4, 0.5) is 4.79 Å². The Balaban J connectivity index is 2.10. The van der Waals surface area contributed by atoms with Crippen molar-refractivity contribution in [2.45, 2.75) is 33.5 Å². The maximum absolute atomic E-state index is 10.9. The average molecular weight is 362 g/mol. The Kier molecular flexibility index (Phi) is 6.36. The van der Waals surface area contributed by atoms with E-state index in [1.165, 1.54) is 0 Å². The molecule has 0 bridgehead atoms. The van der Waals surface area contributed by atoms with E-state index in [9.17, 15) is 4.79 Å². The number of pyridine rings is 1. The van der Waals surface area contributed by atoms with Gasteiger partial charge in [0.15, 0.2) is 6.61 Å². The summed E-state index contributed by atoms with van der Waals surface area (Å²) in [5.41, 5.74) is 8.89. The number of carbonyl (C=O) groups excluding carboxylic acids is 1. The van der Waals surface area contributed by atoms with E-state index in [1.807, 2.05) is 38.1 Å². The Morgan fingerprint density at radius 2 is 2.12 bits per heavy atom. The Labute approximate surface area is 151 Å². The molecule has 1 unspecified atom stereocenters. The highest BCUT2D eigenvalue weighted by Gasteiger charge is 2.14. The second-order valence-electron chi connectivity index (χ2n) is 5.54. The van der Waals surface area contributed by atoms with Crippen molar-refractivity contribution >= 4 is 23.4 Å². The molecule has 132 valence electrons. The summed E-state index contributed by atoms with van der Waals surface area (Å²) in [5, 5.41) is 4.59. The lowest BCUT2D eigenvalue weighted by atomic mass is 10.0. The Bertz CT molecular complexity index is 793. The van der Waals surface area contributed by atoms with Gasteiger partial charge in [0.05, 0.1) is 11.4 Å². The molecule has 0 fully saturated rings. The number of nitrogens with two attached hydrogens (primary N) is 1. The molecule has 2 aromatic rings. The average Bonchev–Trinajstić information content (AvgIpc) is 2.54. The van der Waals surface area contributed by atoms with Gasteiger partial charge in [-0.05, 0) is 50.6 Å². The summed E-state index contributed by atoms with van der Waals surface area (Å²) in [6, 6.07) is 11.0. The van der Waals surface area contributed by atoms with Gasteiger partial charge in [0, 0.05) is 16.3 Å². The number of oxime groups is 1. The van der Waals surface area contributed by atoms with Crippen LogP contribution < -0.4 is 5.73 Å². The Morgan fingerprint density at radius 1 is 1.36 bits per heavy atom. The van der Waals surface area contributed by atoms with Crippen LogP contribution in [-0.4, -0.2) is 16.8 Å². The predicted molar refractivity (Wildman–Crippen MR) is 96.5 cm³/mol.